The summed E-state index contributed by atoms with van der Waals surface area (Å²) >= 11 is 0. The van der Waals surface area contributed by atoms with Crippen molar-refractivity contribution >= 4 is 11.9 Å². The molecule has 3 heterocycles. The Bertz CT molecular complexity index is 978. The van der Waals surface area contributed by atoms with E-state index in [-0.39, 0.29) is 6.17 Å². The van der Waals surface area contributed by atoms with Crippen molar-refractivity contribution in [2.45, 2.75) is 25.6 Å². The summed E-state index contributed by atoms with van der Waals surface area (Å²) in [6, 6.07) is 23.4. The summed E-state index contributed by atoms with van der Waals surface area (Å²) < 4.78 is 0. The van der Waals surface area contributed by atoms with Gasteiger partial charge >= 0.3 is 0 Å². The SMILES string of the molecule is C1=NC(C2CCNCC2)N(Cc2ccccn2)c2cccc(-c3ccccc3)c21. The Morgan fingerprint density at radius 2 is 1.72 bits per heavy atom. The number of hydrogen-bond acceptors (Lipinski definition) is 4. The van der Waals surface area contributed by atoms with Crippen molar-refractivity contribution in [2.75, 3.05) is 18.0 Å². The van der Waals surface area contributed by atoms with Gasteiger partial charge < -0.3 is 10.2 Å². The van der Waals surface area contributed by atoms with E-state index in [1.54, 1.807) is 0 Å². The number of aliphatic imine (C=N–C) groups is 1. The molecule has 4 nitrogen and oxygen atoms in total. The number of aromatic nitrogens is 1. The Kier molecular flexibility index (Phi) is 5.10. The van der Waals surface area contributed by atoms with Crippen molar-refractivity contribution in [1.29, 1.82) is 0 Å². The minimum absolute atomic E-state index is 0.164. The molecule has 2 aliphatic heterocycles. The van der Waals surface area contributed by atoms with Crippen LogP contribution in [0.5, 0.6) is 0 Å². The third-order valence-electron chi connectivity index (χ3n) is 6.02. The zero-order chi connectivity index (χ0) is 19.5. The fourth-order valence-corrected chi connectivity index (χ4v) is 4.55. The highest BCUT2D eigenvalue weighted by Gasteiger charge is 2.32. The molecule has 1 fully saturated rings. The first kappa shape index (κ1) is 18.1. The van der Waals surface area contributed by atoms with E-state index in [0.29, 0.717) is 5.92 Å². The van der Waals surface area contributed by atoms with Crippen LogP contribution in [0.3, 0.4) is 0 Å². The largest absolute Gasteiger partial charge is 0.343 e. The van der Waals surface area contributed by atoms with E-state index < -0.39 is 0 Å². The lowest BCUT2D eigenvalue weighted by Gasteiger charge is -2.41. The molecular weight excluding hydrogens is 356 g/mol. The Balaban J connectivity index is 1.57. The van der Waals surface area contributed by atoms with E-state index in [9.17, 15) is 0 Å². The molecule has 4 heteroatoms. The fraction of sp³-hybridized carbons (Fsp3) is 0.280. The summed E-state index contributed by atoms with van der Waals surface area (Å²) in [4.78, 5) is 12.2. The Morgan fingerprint density at radius 1 is 0.897 bits per heavy atom. The van der Waals surface area contributed by atoms with Crippen LogP contribution in [0.15, 0.2) is 77.9 Å². The molecule has 5 rings (SSSR count). The van der Waals surface area contributed by atoms with Crippen LogP contribution in [0, 0.1) is 5.92 Å². The van der Waals surface area contributed by atoms with Gasteiger partial charge in [0.15, 0.2) is 0 Å². The number of benzene rings is 2. The van der Waals surface area contributed by atoms with Crippen LogP contribution in [-0.4, -0.2) is 30.5 Å². The van der Waals surface area contributed by atoms with Gasteiger partial charge in [-0.1, -0.05) is 48.5 Å². The molecule has 0 bridgehead atoms. The average Bonchev–Trinajstić information content (AvgIpc) is 2.81. The standard InChI is InChI=1S/C25H26N4/c1-2-7-19(8-3-1)22-10-6-11-24-23(22)17-28-25(20-12-15-26-16-13-20)29(24)18-21-9-4-5-14-27-21/h1-11,14,17,20,25-26H,12-13,15-16,18H2. The number of piperidine rings is 1. The number of rotatable bonds is 4. The minimum atomic E-state index is 0.164. The van der Waals surface area contributed by atoms with Gasteiger partial charge in [-0.3, -0.25) is 9.98 Å². The number of fused-ring (bicyclic) bond motifs is 1. The van der Waals surface area contributed by atoms with E-state index in [0.717, 1.165) is 38.2 Å². The Morgan fingerprint density at radius 3 is 2.52 bits per heavy atom. The molecule has 29 heavy (non-hydrogen) atoms. The fourth-order valence-electron chi connectivity index (χ4n) is 4.55. The Hall–Kier alpha value is -2.98. The topological polar surface area (TPSA) is 40.5 Å². The van der Waals surface area contributed by atoms with Crippen molar-refractivity contribution in [3.8, 4) is 11.1 Å². The summed E-state index contributed by atoms with van der Waals surface area (Å²) in [5.74, 6) is 0.560. The monoisotopic (exact) mass is 382 g/mol. The molecule has 0 saturated carbocycles. The van der Waals surface area contributed by atoms with Crippen molar-refractivity contribution in [1.82, 2.24) is 10.3 Å². The molecule has 2 aromatic carbocycles. The normalized spacial score (nSPS) is 19.2. The van der Waals surface area contributed by atoms with Crippen LogP contribution in [0.25, 0.3) is 11.1 Å². The third-order valence-corrected chi connectivity index (χ3v) is 6.02. The van der Waals surface area contributed by atoms with Gasteiger partial charge in [0.1, 0.15) is 6.17 Å². The maximum absolute atomic E-state index is 5.10. The summed E-state index contributed by atoms with van der Waals surface area (Å²) in [7, 11) is 0. The number of nitrogens with zero attached hydrogens (tertiary/aromatic N) is 3. The average molecular weight is 383 g/mol. The molecule has 1 unspecified atom stereocenters. The number of nitrogens with one attached hydrogen (secondary N) is 1. The molecule has 1 N–H and O–H groups in total. The van der Waals surface area contributed by atoms with Gasteiger partial charge in [0, 0.05) is 29.6 Å². The molecular formula is C25H26N4. The maximum atomic E-state index is 5.10. The molecule has 0 spiro atoms. The molecule has 1 atom stereocenters. The van der Waals surface area contributed by atoms with Crippen LogP contribution in [0.2, 0.25) is 0 Å². The number of anilines is 1. The molecule has 146 valence electrons. The molecule has 2 aliphatic rings. The lowest BCUT2D eigenvalue weighted by Crippen LogP contribution is -2.45. The lowest BCUT2D eigenvalue weighted by molar-refractivity contribution is 0.308. The minimum Gasteiger partial charge on any atom is -0.343 e. The second kappa shape index (κ2) is 8.18. The van der Waals surface area contributed by atoms with E-state index in [1.165, 1.54) is 22.4 Å². The van der Waals surface area contributed by atoms with Gasteiger partial charge in [0.25, 0.3) is 0 Å². The first-order chi connectivity index (χ1) is 14.4. The van der Waals surface area contributed by atoms with Crippen molar-refractivity contribution in [2.24, 2.45) is 10.9 Å². The highest BCUT2D eigenvalue weighted by atomic mass is 15.3. The molecule has 1 saturated heterocycles. The van der Waals surface area contributed by atoms with Gasteiger partial charge in [0.05, 0.1) is 12.2 Å². The highest BCUT2D eigenvalue weighted by molar-refractivity contribution is 5.98. The number of hydrogen-bond donors (Lipinski definition) is 1. The molecule has 3 aromatic rings. The van der Waals surface area contributed by atoms with Crippen LogP contribution in [-0.2, 0) is 6.54 Å². The highest BCUT2D eigenvalue weighted by Crippen LogP contribution is 2.37. The second-order valence-corrected chi connectivity index (χ2v) is 7.83. The van der Waals surface area contributed by atoms with Gasteiger partial charge in [-0.2, -0.15) is 0 Å². The van der Waals surface area contributed by atoms with E-state index in [2.05, 4.69) is 82.1 Å². The van der Waals surface area contributed by atoms with Crippen LogP contribution < -0.4 is 10.2 Å². The van der Waals surface area contributed by atoms with E-state index >= 15 is 0 Å². The van der Waals surface area contributed by atoms with Crippen molar-refractivity contribution in [3.05, 3.63) is 84.2 Å². The van der Waals surface area contributed by atoms with Gasteiger partial charge in [-0.15, -0.1) is 0 Å². The zero-order valence-electron chi connectivity index (χ0n) is 16.5. The first-order valence-corrected chi connectivity index (χ1v) is 10.5. The second-order valence-electron chi connectivity index (χ2n) is 7.83. The molecule has 1 aromatic heterocycles. The smallest absolute Gasteiger partial charge is 0.124 e. The quantitative estimate of drug-likeness (QED) is 0.722. The third kappa shape index (κ3) is 3.68. The van der Waals surface area contributed by atoms with Crippen LogP contribution in [0.1, 0.15) is 24.1 Å². The maximum Gasteiger partial charge on any atom is 0.124 e. The molecule has 0 aliphatic carbocycles. The zero-order valence-corrected chi connectivity index (χ0v) is 16.5. The van der Waals surface area contributed by atoms with Crippen LogP contribution in [0.4, 0.5) is 5.69 Å². The summed E-state index contributed by atoms with van der Waals surface area (Å²) in [5, 5.41) is 3.49. The van der Waals surface area contributed by atoms with Crippen molar-refractivity contribution < 1.29 is 0 Å². The Labute approximate surface area is 172 Å². The van der Waals surface area contributed by atoms with E-state index in [4.69, 9.17) is 4.99 Å². The molecule has 0 radical (unpaired) electrons. The molecule has 0 amide bonds. The summed E-state index contributed by atoms with van der Waals surface area (Å²) in [5.41, 5.74) is 6.02. The van der Waals surface area contributed by atoms with E-state index in [1.807, 2.05) is 12.3 Å². The van der Waals surface area contributed by atoms with Gasteiger partial charge in [-0.25, -0.2) is 0 Å². The summed E-state index contributed by atoms with van der Waals surface area (Å²) in [6.07, 6.45) is 6.48. The van der Waals surface area contributed by atoms with Gasteiger partial charge in [-0.05, 0) is 55.3 Å². The predicted molar refractivity (Wildman–Crippen MR) is 119 cm³/mol. The van der Waals surface area contributed by atoms with Crippen LogP contribution >= 0.6 is 0 Å². The van der Waals surface area contributed by atoms with Gasteiger partial charge in [0.2, 0.25) is 0 Å². The predicted octanol–water partition coefficient (Wildman–Crippen LogP) is 4.51. The number of pyridine rings is 1. The first-order valence-electron chi connectivity index (χ1n) is 10.5. The van der Waals surface area contributed by atoms with Crippen molar-refractivity contribution in [3.63, 3.8) is 0 Å². The lowest BCUT2D eigenvalue weighted by atomic mass is 9.90. The summed E-state index contributed by atoms with van der Waals surface area (Å²) in [6.45, 7) is 2.92.